The molecule has 33 heavy (non-hydrogen) atoms. The van der Waals surface area contributed by atoms with Gasteiger partial charge in [0.05, 0.1) is 0 Å². The molecule has 0 bridgehead atoms. The number of anilines is 1. The van der Waals surface area contributed by atoms with Crippen LogP contribution in [-0.2, 0) is 5.41 Å². The minimum absolute atomic E-state index is 0.0202. The maximum absolute atomic E-state index is 14.1. The Hall–Kier alpha value is -3.59. The fourth-order valence-corrected chi connectivity index (χ4v) is 4.08. The van der Waals surface area contributed by atoms with Gasteiger partial charge < -0.3 is 15.8 Å². The van der Waals surface area contributed by atoms with Crippen molar-refractivity contribution in [2.45, 2.75) is 18.3 Å². The molecular weight excluding hydrogens is 428 g/mol. The molecule has 9 heteroatoms. The zero-order valence-electron chi connectivity index (χ0n) is 18.0. The van der Waals surface area contributed by atoms with Gasteiger partial charge in [-0.1, -0.05) is 18.2 Å². The lowest BCUT2D eigenvalue weighted by Gasteiger charge is -2.42. The lowest BCUT2D eigenvalue weighted by Crippen LogP contribution is -2.49. The van der Waals surface area contributed by atoms with E-state index in [1.807, 2.05) is 30.3 Å². The van der Waals surface area contributed by atoms with Crippen molar-refractivity contribution in [3.8, 4) is 5.75 Å². The molecule has 4 rings (SSSR count). The lowest BCUT2D eigenvalue weighted by atomic mass is 9.72. The molecule has 1 aromatic heterocycles. The molecule has 1 saturated heterocycles. The summed E-state index contributed by atoms with van der Waals surface area (Å²) < 4.78 is 34.0. The summed E-state index contributed by atoms with van der Waals surface area (Å²) in [5.74, 6) is -0.983. The smallest absolute Gasteiger partial charge is 0.273 e. The van der Waals surface area contributed by atoms with Crippen molar-refractivity contribution < 1.29 is 18.3 Å². The molecule has 0 saturated carbocycles. The minimum atomic E-state index is -0.654. The predicted octanol–water partition coefficient (Wildman–Crippen LogP) is 3.14. The number of hydrogen-bond acceptors (Lipinski definition) is 6. The second-order valence-electron chi connectivity index (χ2n) is 8.12. The van der Waals surface area contributed by atoms with Gasteiger partial charge in [0.1, 0.15) is 24.1 Å². The van der Waals surface area contributed by atoms with Crippen LogP contribution in [0.2, 0.25) is 0 Å². The molecule has 172 valence electrons. The third kappa shape index (κ3) is 5.43. The van der Waals surface area contributed by atoms with Crippen LogP contribution in [0, 0.1) is 11.6 Å². The second-order valence-corrected chi connectivity index (χ2v) is 8.12. The Balaban J connectivity index is 1.48. The van der Waals surface area contributed by atoms with Crippen molar-refractivity contribution in [3.05, 3.63) is 83.8 Å². The predicted molar refractivity (Wildman–Crippen MR) is 120 cm³/mol. The van der Waals surface area contributed by atoms with E-state index in [2.05, 4.69) is 20.2 Å². The standard InChI is InChI=1S/C24H25F2N5O2/c25-18-12-17(13-19(26)14-18)24(15-30-23(32)21-22(27)29-9-8-28-21)6-10-31(11-7-24)16-33-20-4-2-1-3-5-20/h1-5,8-9,12-14H,6-7,10-11,15-16H2,(H2,27,29)(H,30,32). The Morgan fingerprint density at radius 2 is 1.73 bits per heavy atom. The number of benzene rings is 2. The third-order valence-corrected chi connectivity index (χ3v) is 5.97. The van der Waals surface area contributed by atoms with Crippen molar-refractivity contribution >= 4 is 11.7 Å². The van der Waals surface area contributed by atoms with E-state index in [-0.39, 0.29) is 18.1 Å². The highest BCUT2D eigenvalue weighted by molar-refractivity contribution is 5.96. The average Bonchev–Trinajstić information content (AvgIpc) is 2.82. The van der Waals surface area contributed by atoms with Crippen molar-refractivity contribution in [2.24, 2.45) is 0 Å². The first-order valence-corrected chi connectivity index (χ1v) is 10.7. The number of amides is 1. The number of nitrogens with one attached hydrogen (secondary N) is 1. The number of halogens is 2. The summed E-state index contributed by atoms with van der Waals surface area (Å²) in [4.78, 5) is 22.7. The Morgan fingerprint density at radius 1 is 1.06 bits per heavy atom. The van der Waals surface area contributed by atoms with Crippen LogP contribution in [0.25, 0.3) is 0 Å². The number of aromatic nitrogens is 2. The molecule has 2 heterocycles. The summed E-state index contributed by atoms with van der Waals surface area (Å²) in [6.07, 6.45) is 3.93. The van der Waals surface area contributed by atoms with Gasteiger partial charge in [0.15, 0.2) is 11.5 Å². The number of nitrogens with two attached hydrogens (primary N) is 1. The first-order valence-electron chi connectivity index (χ1n) is 10.7. The number of carbonyl (C=O) groups is 1. The highest BCUT2D eigenvalue weighted by atomic mass is 19.1. The number of nitrogen functional groups attached to an aromatic ring is 1. The Morgan fingerprint density at radius 3 is 2.39 bits per heavy atom. The molecule has 0 spiro atoms. The highest BCUT2D eigenvalue weighted by Crippen LogP contribution is 2.36. The van der Waals surface area contributed by atoms with E-state index in [1.54, 1.807) is 0 Å². The van der Waals surface area contributed by atoms with Gasteiger partial charge in [-0.25, -0.2) is 18.7 Å². The first-order chi connectivity index (χ1) is 15.9. The van der Waals surface area contributed by atoms with Gasteiger partial charge in [-0.15, -0.1) is 0 Å². The van der Waals surface area contributed by atoms with Crippen LogP contribution in [-0.4, -0.2) is 47.1 Å². The molecule has 0 atom stereocenters. The summed E-state index contributed by atoms with van der Waals surface area (Å²) in [7, 11) is 0. The summed E-state index contributed by atoms with van der Waals surface area (Å²) in [5, 5.41) is 2.84. The maximum Gasteiger partial charge on any atom is 0.273 e. The number of carbonyl (C=O) groups excluding carboxylic acids is 1. The molecule has 0 radical (unpaired) electrons. The van der Waals surface area contributed by atoms with Crippen LogP contribution in [0.3, 0.4) is 0 Å². The van der Waals surface area contributed by atoms with Gasteiger partial charge in [-0.3, -0.25) is 9.69 Å². The van der Waals surface area contributed by atoms with Crippen LogP contribution < -0.4 is 15.8 Å². The van der Waals surface area contributed by atoms with Gasteiger partial charge in [-0.2, -0.15) is 0 Å². The zero-order valence-corrected chi connectivity index (χ0v) is 18.0. The minimum Gasteiger partial charge on any atom is -0.478 e. The normalized spacial score (nSPS) is 15.7. The van der Waals surface area contributed by atoms with Crippen LogP contribution in [0.1, 0.15) is 28.9 Å². The number of para-hydroxylation sites is 1. The molecule has 1 aliphatic heterocycles. The lowest BCUT2D eigenvalue weighted by molar-refractivity contribution is 0.0728. The Bertz CT molecular complexity index is 1080. The number of ether oxygens (including phenoxy) is 1. The Labute approximate surface area is 190 Å². The molecule has 1 aliphatic rings. The molecule has 3 aromatic rings. The largest absolute Gasteiger partial charge is 0.478 e. The molecule has 1 amide bonds. The molecule has 7 nitrogen and oxygen atoms in total. The number of hydrogen-bond donors (Lipinski definition) is 2. The molecule has 3 N–H and O–H groups in total. The van der Waals surface area contributed by atoms with Gasteiger partial charge in [-0.05, 0) is 42.7 Å². The van der Waals surface area contributed by atoms with Gasteiger partial charge in [0.25, 0.3) is 5.91 Å². The second kappa shape index (κ2) is 9.91. The summed E-state index contributed by atoms with van der Waals surface area (Å²) in [5.41, 5.74) is 5.64. The number of rotatable bonds is 7. The van der Waals surface area contributed by atoms with E-state index in [9.17, 15) is 13.6 Å². The van der Waals surface area contributed by atoms with Crippen LogP contribution in [0.4, 0.5) is 14.6 Å². The Kier molecular flexibility index (Phi) is 6.79. The SMILES string of the molecule is Nc1nccnc1C(=O)NCC1(c2cc(F)cc(F)c2)CCN(COc2ccccc2)CC1. The average molecular weight is 453 g/mol. The topological polar surface area (TPSA) is 93.4 Å². The van der Waals surface area contributed by atoms with Gasteiger partial charge in [0, 0.05) is 43.5 Å². The maximum atomic E-state index is 14.1. The van der Waals surface area contributed by atoms with Crippen LogP contribution in [0.15, 0.2) is 60.9 Å². The van der Waals surface area contributed by atoms with Crippen molar-refractivity contribution in [1.82, 2.24) is 20.2 Å². The fourth-order valence-electron chi connectivity index (χ4n) is 4.08. The third-order valence-electron chi connectivity index (χ3n) is 5.97. The van der Waals surface area contributed by atoms with Gasteiger partial charge >= 0.3 is 0 Å². The van der Waals surface area contributed by atoms with Gasteiger partial charge in [0.2, 0.25) is 0 Å². The molecule has 0 aliphatic carbocycles. The number of nitrogens with zero attached hydrogens (tertiary/aromatic N) is 3. The zero-order chi connectivity index (χ0) is 23.3. The van der Waals surface area contributed by atoms with E-state index < -0.39 is 23.0 Å². The van der Waals surface area contributed by atoms with E-state index in [4.69, 9.17) is 10.5 Å². The van der Waals surface area contributed by atoms with E-state index in [1.165, 1.54) is 24.5 Å². The van der Waals surface area contributed by atoms with E-state index in [0.717, 1.165) is 11.8 Å². The van der Waals surface area contributed by atoms with Crippen LogP contribution in [0.5, 0.6) is 5.75 Å². The first kappa shape index (κ1) is 22.6. The number of likely N-dealkylation sites (tertiary alicyclic amines) is 1. The summed E-state index contributed by atoms with van der Waals surface area (Å²) >= 11 is 0. The van der Waals surface area contributed by atoms with Crippen molar-refractivity contribution in [1.29, 1.82) is 0 Å². The van der Waals surface area contributed by atoms with E-state index >= 15 is 0 Å². The molecule has 2 aromatic carbocycles. The molecule has 0 unspecified atom stereocenters. The summed E-state index contributed by atoms with van der Waals surface area (Å²) in [6.45, 7) is 1.85. The molecule has 1 fully saturated rings. The van der Waals surface area contributed by atoms with Crippen molar-refractivity contribution in [3.63, 3.8) is 0 Å². The monoisotopic (exact) mass is 453 g/mol. The number of piperidine rings is 1. The quantitative estimate of drug-likeness (QED) is 0.571. The van der Waals surface area contributed by atoms with Crippen molar-refractivity contribution in [2.75, 3.05) is 32.1 Å². The fraction of sp³-hybridized carbons (Fsp3) is 0.292. The highest BCUT2D eigenvalue weighted by Gasteiger charge is 2.37. The molecular formula is C24H25F2N5O2. The summed E-state index contributed by atoms with van der Waals surface area (Å²) in [6, 6.07) is 13.0. The van der Waals surface area contributed by atoms with Crippen LogP contribution >= 0.6 is 0 Å². The van der Waals surface area contributed by atoms with E-state index in [0.29, 0.717) is 38.2 Å².